The highest BCUT2D eigenvalue weighted by Crippen LogP contribution is 2.49. The van der Waals surface area contributed by atoms with E-state index >= 15 is 0 Å². The predicted octanol–water partition coefficient (Wildman–Crippen LogP) is 1.75. The van der Waals surface area contributed by atoms with Crippen LogP contribution >= 0.6 is 0 Å². The molecule has 3 nitrogen and oxygen atoms in total. The fourth-order valence-electron chi connectivity index (χ4n) is 3.07. The van der Waals surface area contributed by atoms with Crippen molar-refractivity contribution in [1.29, 1.82) is 0 Å². The van der Waals surface area contributed by atoms with E-state index in [9.17, 15) is 10.0 Å². The van der Waals surface area contributed by atoms with Crippen molar-refractivity contribution in [2.24, 2.45) is 0 Å². The highest BCUT2D eigenvalue weighted by atomic mass is 16.4. The number of hydrogen-bond acceptors (Lipinski definition) is 2. The molecule has 2 N–H and O–H groups in total. The van der Waals surface area contributed by atoms with Crippen LogP contribution in [0.2, 0.25) is 0 Å². The summed E-state index contributed by atoms with van der Waals surface area (Å²) in [6.07, 6.45) is 0. The third-order valence-corrected chi connectivity index (χ3v) is 4.15. The minimum absolute atomic E-state index is 0.141. The van der Waals surface area contributed by atoms with Gasteiger partial charge in [-0.05, 0) is 28.3 Å². The second kappa shape index (κ2) is 4.30. The molecule has 4 heteroatoms. The highest BCUT2D eigenvalue weighted by molar-refractivity contribution is 6.59. The minimum atomic E-state index is -1.58. The molecular formula is C16H16BO3+. The van der Waals surface area contributed by atoms with Gasteiger partial charge in [0.05, 0.1) is 5.46 Å². The maximum Gasteiger partial charge on any atom is 0.498 e. The van der Waals surface area contributed by atoms with Crippen LogP contribution in [0.15, 0.2) is 36.4 Å². The molecule has 20 heavy (non-hydrogen) atoms. The molecule has 0 saturated heterocycles. The van der Waals surface area contributed by atoms with Crippen molar-refractivity contribution in [1.82, 2.24) is 0 Å². The molecule has 0 radical (unpaired) electrons. The summed E-state index contributed by atoms with van der Waals surface area (Å²) in [5.41, 5.74) is 4.69. The summed E-state index contributed by atoms with van der Waals surface area (Å²) in [5.74, 6) is 0.402. The molecular weight excluding hydrogens is 251 g/mol. The first-order chi connectivity index (χ1) is 9.46. The van der Waals surface area contributed by atoms with E-state index in [0.29, 0.717) is 11.2 Å². The van der Waals surface area contributed by atoms with Gasteiger partial charge in [-0.3, -0.25) is 0 Å². The molecule has 0 amide bonds. The zero-order valence-corrected chi connectivity index (χ0v) is 11.6. The van der Waals surface area contributed by atoms with Crippen LogP contribution in [0.4, 0.5) is 0 Å². The van der Waals surface area contributed by atoms with Gasteiger partial charge in [-0.15, -0.1) is 0 Å². The molecule has 0 spiro atoms. The Bertz CT molecular complexity index is 705. The summed E-state index contributed by atoms with van der Waals surface area (Å²) < 4.78 is 5.05. The SMILES string of the molecule is C=[O+]c1cc2c(cc1B(O)O)-c1ccccc1C2(C)C. The van der Waals surface area contributed by atoms with Crippen molar-refractivity contribution < 1.29 is 14.5 Å². The van der Waals surface area contributed by atoms with E-state index < -0.39 is 7.12 Å². The molecule has 0 atom stereocenters. The molecule has 2 aromatic carbocycles. The average Bonchev–Trinajstić information content (AvgIpc) is 2.66. The van der Waals surface area contributed by atoms with Crippen molar-refractivity contribution in [2.75, 3.05) is 0 Å². The topological polar surface area (TPSA) is 51.8 Å². The van der Waals surface area contributed by atoms with Gasteiger partial charge in [-0.25, -0.2) is 4.42 Å². The zero-order chi connectivity index (χ0) is 14.5. The van der Waals surface area contributed by atoms with Gasteiger partial charge in [0.2, 0.25) is 0 Å². The Morgan fingerprint density at radius 3 is 2.40 bits per heavy atom. The fourth-order valence-corrected chi connectivity index (χ4v) is 3.07. The summed E-state index contributed by atoms with van der Waals surface area (Å²) in [6, 6.07) is 11.8. The van der Waals surface area contributed by atoms with Crippen molar-refractivity contribution in [3.8, 4) is 16.9 Å². The molecule has 0 fully saturated rings. The van der Waals surface area contributed by atoms with Crippen LogP contribution in [0.1, 0.15) is 25.0 Å². The third kappa shape index (κ3) is 1.65. The second-order valence-electron chi connectivity index (χ2n) is 5.62. The minimum Gasteiger partial charge on any atom is -0.423 e. The maximum atomic E-state index is 9.49. The number of carbonyl (C=O) groups excluding carboxylic acids is 1. The van der Waals surface area contributed by atoms with E-state index in [1.165, 1.54) is 5.56 Å². The van der Waals surface area contributed by atoms with Gasteiger partial charge in [-0.1, -0.05) is 38.1 Å². The standard InChI is InChI=1S/C16H16BO3/c1-16(2)12-7-5-4-6-10(12)11-8-14(17(18)19)15(20-3)9-13(11)16/h4-9,18-19H,3H2,1-2H3/q+1. The van der Waals surface area contributed by atoms with Gasteiger partial charge in [-0.2, -0.15) is 0 Å². The van der Waals surface area contributed by atoms with Crippen LogP contribution in [0.5, 0.6) is 5.75 Å². The molecule has 0 bridgehead atoms. The van der Waals surface area contributed by atoms with Crippen LogP contribution in [-0.4, -0.2) is 24.0 Å². The molecule has 0 saturated carbocycles. The number of fused-ring (bicyclic) bond motifs is 3. The van der Waals surface area contributed by atoms with Crippen LogP contribution in [0.3, 0.4) is 0 Å². The fraction of sp³-hybridized carbons (Fsp3) is 0.188. The zero-order valence-electron chi connectivity index (χ0n) is 11.6. The number of benzene rings is 2. The van der Waals surface area contributed by atoms with Crippen molar-refractivity contribution in [2.45, 2.75) is 19.3 Å². The van der Waals surface area contributed by atoms with E-state index in [0.717, 1.165) is 16.7 Å². The van der Waals surface area contributed by atoms with Gasteiger partial charge < -0.3 is 10.0 Å². The molecule has 0 unspecified atom stereocenters. The number of rotatable bonds is 2. The first-order valence-electron chi connectivity index (χ1n) is 6.53. The normalized spacial score (nSPS) is 14.6. The largest absolute Gasteiger partial charge is 0.498 e. The summed E-state index contributed by atoms with van der Waals surface area (Å²) in [5, 5.41) is 19.0. The quantitative estimate of drug-likeness (QED) is 0.643. The molecule has 1 aliphatic rings. The van der Waals surface area contributed by atoms with Crippen molar-refractivity contribution in [3.05, 3.63) is 47.5 Å². The average molecular weight is 267 g/mol. The molecule has 2 aromatic rings. The molecule has 0 heterocycles. The lowest BCUT2D eigenvalue weighted by Crippen LogP contribution is -2.30. The Morgan fingerprint density at radius 2 is 1.75 bits per heavy atom. The molecule has 0 aliphatic heterocycles. The third-order valence-electron chi connectivity index (χ3n) is 4.15. The van der Waals surface area contributed by atoms with Gasteiger partial charge in [0.1, 0.15) is 0 Å². The Balaban J connectivity index is 2.36. The Labute approximate surface area is 118 Å². The molecule has 100 valence electrons. The van der Waals surface area contributed by atoms with Gasteiger partial charge >= 0.3 is 12.9 Å². The lowest BCUT2D eigenvalue weighted by molar-refractivity contribution is -0.353. The van der Waals surface area contributed by atoms with E-state index in [4.69, 9.17) is 4.42 Å². The van der Waals surface area contributed by atoms with E-state index in [1.807, 2.05) is 18.2 Å². The lowest BCUT2D eigenvalue weighted by atomic mass is 9.76. The molecule has 1 aliphatic carbocycles. The summed E-state index contributed by atoms with van der Waals surface area (Å²) in [7, 11) is -1.58. The first kappa shape index (κ1) is 13.1. The van der Waals surface area contributed by atoms with E-state index in [2.05, 4.69) is 32.8 Å². The number of hydrogen-bond donors (Lipinski definition) is 2. The predicted molar refractivity (Wildman–Crippen MR) is 80.4 cm³/mol. The Hall–Kier alpha value is -1.91. The Morgan fingerprint density at radius 1 is 1.05 bits per heavy atom. The Kier molecular flexibility index (Phi) is 2.81. The smallest absolute Gasteiger partial charge is 0.423 e. The maximum absolute atomic E-state index is 9.49. The molecule has 3 rings (SSSR count). The van der Waals surface area contributed by atoms with Crippen LogP contribution < -0.4 is 5.46 Å². The summed E-state index contributed by atoms with van der Waals surface area (Å²) >= 11 is 0. The van der Waals surface area contributed by atoms with Crippen LogP contribution in [0.25, 0.3) is 11.1 Å². The molecule has 0 aromatic heterocycles. The van der Waals surface area contributed by atoms with Crippen molar-refractivity contribution in [3.63, 3.8) is 0 Å². The first-order valence-corrected chi connectivity index (χ1v) is 6.53. The van der Waals surface area contributed by atoms with Gasteiger partial charge in [0.25, 0.3) is 6.79 Å². The lowest BCUT2D eigenvalue weighted by Gasteiger charge is -2.20. The highest BCUT2D eigenvalue weighted by Gasteiger charge is 2.38. The van der Waals surface area contributed by atoms with Crippen LogP contribution in [-0.2, 0) is 9.84 Å². The van der Waals surface area contributed by atoms with E-state index in [1.54, 1.807) is 6.07 Å². The van der Waals surface area contributed by atoms with Gasteiger partial charge in [0, 0.05) is 11.5 Å². The van der Waals surface area contributed by atoms with Gasteiger partial charge in [0.15, 0.2) is 0 Å². The second-order valence-corrected chi connectivity index (χ2v) is 5.62. The van der Waals surface area contributed by atoms with E-state index in [-0.39, 0.29) is 5.41 Å². The van der Waals surface area contributed by atoms with Crippen molar-refractivity contribution >= 4 is 19.4 Å². The summed E-state index contributed by atoms with van der Waals surface area (Å²) in [6.45, 7) is 7.70. The monoisotopic (exact) mass is 267 g/mol. The van der Waals surface area contributed by atoms with Crippen LogP contribution in [0, 0.1) is 0 Å². The summed E-state index contributed by atoms with van der Waals surface area (Å²) in [4.78, 5) is 0.